The van der Waals surface area contributed by atoms with Crippen LogP contribution in [0, 0.1) is 6.92 Å². The number of aromatic nitrogens is 2. The Morgan fingerprint density at radius 2 is 1.95 bits per heavy atom. The molecule has 0 saturated carbocycles. The molecule has 1 unspecified atom stereocenters. The smallest absolute Gasteiger partial charge is 0.125 e. The van der Waals surface area contributed by atoms with Crippen LogP contribution in [-0.4, -0.2) is 23.1 Å². The zero-order valence-corrected chi connectivity index (χ0v) is 13.0. The minimum Gasteiger partial charge on any atom is -0.497 e. The average molecular weight is 285 g/mol. The largest absolute Gasteiger partial charge is 0.497 e. The highest BCUT2D eigenvalue weighted by Crippen LogP contribution is 2.13. The molecule has 0 radical (unpaired) electrons. The van der Waals surface area contributed by atoms with Gasteiger partial charge in [0.2, 0.25) is 0 Å². The number of methoxy groups -OCH3 is 1. The average Bonchev–Trinajstić information content (AvgIpc) is 2.51. The summed E-state index contributed by atoms with van der Waals surface area (Å²) < 4.78 is 5.17. The van der Waals surface area contributed by atoms with E-state index >= 15 is 0 Å². The maximum atomic E-state index is 5.17. The molecular formula is C17H23N3O. The summed E-state index contributed by atoms with van der Waals surface area (Å²) in [5.74, 6) is 1.73. The maximum Gasteiger partial charge on any atom is 0.125 e. The van der Waals surface area contributed by atoms with Gasteiger partial charge in [-0.25, -0.2) is 9.97 Å². The molecule has 0 saturated heterocycles. The van der Waals surface area contributed by atoms with Crippen LogP contribution in [0.15, 0.2) is 36.5 Å². The number of nitrogens with zero attached hydrogens (tertiary/aromatic N) is 2. The Bertz CT molecular complexity index is 554. The number of rotatable bonds is 7. The fourth-order valence-corrected chi connectivity index (χ4v) is 2.16. The second kappa shape index (κ2) is 7.74. The molecule has 0 bridgehead atoms. The quantitative estimate of drug-likeness (QED) is 0.849. The molecule has 0 aliphatic rings. The van der Waals surface area contributed by atoms with Gasteiger partial charge in [-0.2, -0.15) is 0 Å². The third-order valence-corrected chi connectivity index (χ3v) is 3.49. The summed E-state index contributed by atoms with van der Waals surface area (Å²) in [6.07, 6.45) is 3.96. The number of ether oxygens (including phenoxy) is 1. The minimum atomic E-state index is 0.447. The van der Waals surface area contributed by atoms with Crippen molar-refractivity contribution in [2.24, 2.45) is 0 Å². The van der Waals surface area contributed by atoms with Crippen molar-refractivity contribution in [2.75, 3.05) is 7.11 Å². The minimum absolute atomic E-state index is 0.447. The van der Waals surface area contributed by atoms with E-state index in [0.29, 0.717) is 6.04 Å². The van der Waals surface area contributed by atoms with Gasteiger partial charge < -0.3 is 10.1 Å². The van der Waals surface area contributed by atoms with Gasteiger partial charge in [-0.15, -0.1) is 0 Å². The third kappa shape index (κ3) is 5.16. The third-order valence-electron chi connectivity index (χ3n) is 3.49. The lowest BCUT2D eigenvalue weighted by atomic mass is 10.1. The standard InChI is InChI=1S/C17H23N3O/c1-13(19-12-16-10-11-18-14(2)20-16)4-5-15-6-8-17(21-3)9-7-15/h6-11,13,19H,4-5,12H2,1-3H3. The van der Waals surface area contributed by atoms with Crippen LogP contribution in [0.25, 0.3) is 0 Å². The first kappa shape index (κ1) is 15.4. The van der Waals surface area contributed by atoms with E-state index < -0.39 is 0 Å². The second-order valence-corrected chi connectivity index (χ2v) is 5.26. The van der Waals surface area contributed by atoms with Gasteiger partial charge in [-0.05, 0) is 50.5 Å². The molecule has 0 spiro atoms. The number of hydrogen-bond acceptors (Lipinski definition) is 4. The predicted octanol–water partition coefficient (Wildman–Crippen LogP) is 2.90. The highest BCUT2D eigenvalue weighted by Gasteiger charge is 2.04. The van der Waals surface area contributed by atoms with Gasteiger partial charge >= 0.3 is 0 Å². The van der Waals surface area contributed by atoms with Gasteiger partial charge in [-0.1, -0.05) is 12.1 Å². The molecule has 0 fully saturated rings. The van der Waals surface area contributed by atoms with Crippen LogP contribution in [0.3, 0.4) is 0 Å². The van der Waals surface area contributed by atoms with Gasteiger partial charge in [0, 0.05) is 18.8 Å². The normalized spacial score (nSPS) is 12.1. The van der Waals surface area contributed by atoms with Gasteiger partial charge in [-0.3, -0.25) is 0 Å². The Morgan fingerprint density at radius 3 is 2.62 bits per heavy atom. The van der Waals surface area contributed by atoms with Gasteiger partial charge in [0.15, 0.2) is 0 Å². The highest BCUT2D eigenvalue weighted by atomic mass is 16.5. The molecule has 2 rings (SSSR count). The van der Waals surface area contributed by atoms with Crippen molar-refractivity contribution in [3.05, 3.63) is 53.6 Å². The zero-order valence-electron chi connectivity index (χ0n) is 13.0. The van der Waals surface area contributed by atoms with E-state index in [0.717, 1.165) is 36.7 Å². The van der Waals surface area contributed by atoms with Crippen molar-refractivity contribution in [3.63, 3.8) is 0 Å². The molecule has 1 heterocycles. The van der Waals surface area contributed by atoms with Gasteiger partial charge in [0.25, 0.3) is 0 Å². The van der Waals surface area contributed by atoms with Crippen LogP contribution < -0.4 is 10.1 Å². The molecule has 0 aliphatic heterocycles. The predicted molar refractivity (Wildman–Crippen MR) is 84.4 cm³/mol. The summed E-state index contributed by atoms with van der Waals surface area (Å²) >= 11 is 0. The lowest BCUT2D eigenvalue weighted by Gasteiger charge is -2.13. The van der Waals surface area contributed by atoms with Crippen LogP contribution in [0.2, 0.25) is 0 Å². The topological polar surface area (TPSA) is 47.0 Å². The SMILES string of the molecule is COc1ccc(CCC(C)NCc2ccnc(C)n2)cc1. The Balaban J connectivity index is 1.75. The summed E-state index contributed by atoms with van der Waals surface area (Å²) in [5.41, 5.74) is 2.38. The first-order chi connectivity index (χ1) is 10.2. The number of hydrogen-bond donors (Lipinski definition) is 1. The van der Waals surface area contributed by atoms with E-state index in [1.165, 1.54) is 5.56 Å². The first-order valence-corrected chi connectivity index (χ1v) is 7.32. The fourth-order valence-electron chi connectivity index (χ4n) is 2.16. The molecule has 0 aliphatic carbocycles. The summed E-state index contributed by atoms with van der Waals surface area (Å²) in [5, 5.41) is 3.50. The van der Waals surface area contributed by atoms with Crippen molar-refractivity contribution in [3.8, 4) is 5.75 Å². The van der Waals surface area contributed by atoms with Crippen LogP contribution in [0.1, 0.15) is 30.4 Å². The Labute approximate surface area is 126 Å². The van der Waals surface area contributed by atoms with Crippen molar-refractivity contribution < 1.29 is 4.74 Å². The van der Waals surface area contributed by atoms with Gasteiger partial charge in [0.05, 0.1) is 12.8 Å². The number of aryl methyl sites for hydroxylation is 2. The Hall–Kier alpha value is -1.94. The van der Waals surface area contributed by atoms with Crippen LogP contribution in [-0.2, 0) is 13.0 Å². The number of benzene rings is 1. The van der Waals surface area contributed by atoms with E-state index in [1.54, 1.807) is 13.3 Å². The Kier molecular flexibility index (Phi) is 5.69. The molecule has 1 aromatic carbocycles. The summed E-state index contributed by atoms with van der Waals surface area (Å²) in [6.45, 7) is 4.90. The van der Waals surface area contributed by atoms with Crippen LogP contribution >= 0.6 is 0 Å². The first-order valence-electron chi connectivity index (χ1n) is 7.32. The summed E-state index contributed by atoms with van der Waals surface area (Å²) in [7, 11) is 1.69. The molecule has 0 amide bonds. The maximum absolute atomic E-state index is 5.17. The van der Waals surface area contributed by atoms with Crippen LogP contribution in [0.4, 0.5) is 0 Å². The van der Waals surface area contributed by atoms with Crippen molar-refractivity contribution in [2.45, 2.75) is 39.3 Å². The number of nitrogens with one attached hydrogen (secondary N) is 1. The molecular weight excluding hydrogens is 262 g/mol. The molecule has 2 aromatic rings. The lowest BCUT2D eigenvalue weighted by Crippen LogP contribution is -2.26. The molecule has 112 valence electrons. The second-order valence-electron chi connectivity index (χ2n) is 5.26. The molecule has 1 aromatic heterocycles. The summed E-state index contributed by atoms with van der Waals surface area (Å²) in [6, 6.07) is 10.7. The molecule has 1 N–H and O–H groups in total. The Morgan fingerprint density at radius 1 is 1.19 bits per heavy atom. The molecule has 4 heteroatoms. The van der Waals surface area contributed by atoms with Crippen molar-refractivity contribution in [1.82, 2.24) is 15.3 Å². The fraction of sp³-hybridized carbons (Fsp3) is 0.412. The lowest BCUT2D eigenvalue weighted by molar-refractivity contribution is 0.414. The summed E-state index contributed by atoms with van der Waals surface area (Å²) in [4.78, 5) is 8.50. The van der Waals surface area contributed by atoms with E-state index in [9.17, 15) is 0 Å². The van der Waals surface area contributed by atoms with E-state index in [4.69, 9.17) is 4.74 Å². The van der Waals surface area contributed by atoms with E-state index in [2.05, 4.69) is 34.3 Å². The monoisotopic (exact) mass is 285 g/mol. The van der Waals surface area contributed by atoms with E-state index in [-0.39, 0.29) is 0 Å². The van der Waals surface area contributed by atoms with Crippen LogP contribution in [0.5, 0.6) is 5.75 Å². The van der Waals surface area contributed by atoms with Crippen molar-refractivity contribution >= 4 is 0 Å². The van der Waals surface area contributed by atoms with E-state index in [1.807, 2.05) is 25.1 Å². The molecule has 21 heavy (non-hydrogen) atoms. The molecule has 1 atom stereocenters. The van der Waals surface area contributed by atoms with Gasteiger partial charge in [0.1, 0.15) is 11.6 Å². The highest BCUT2D eigenvalue weighted by molar-refractivity contribution is 5.27. The van der Waals surface area contributed by atoms with Crippen molar-refractivity contribution in [1.29, 1.82) is 0 Å². The zero-order chi connectivity index (χ0) is 15.1. The molecule has 4 nitrogen and oxygen atoms in total.